The van der Waals surface area contributed by atoms with Crippen molar-refractivity contribution in [2.45, 2.75) is 19.0 Å². The maximum Gasteiger partial charge on any atom is 0.338 e. The fourth-order valence-electron chi connectivity index (χ4n) is 3.65. The van der Waals surface area contributed by atoms with Crippen LogP contribution in [0.2, 0.25) is 10.0 Å². The molecule has 9 heteroatoms. The summed E-state index contributed by atoms with van der Waals surface area (Å²) in [6.07, 6.45) is 0.0465. The van der Waals surface area contributed by atoms with Crippen molar-refractivity contribution in [3.63, 3.8) is 0 Å². The molecule has 3 aromatic carbocycles. The third-order valence-electron chi connectivity index (χ3n) is 5.47. The van der Waals surface area contributed by atoms with E-state index in [1.165, 1.54) is 42.5 Å². The summed E-state index contributed by atoms with van der Waals surface area (Å²) in [6, 6.07) is 19.2. The van der Waals surface area contributed by atoms with Crippen LogP contribution in [-0.4, -0.2) is 36.2 Å². The van der Waals surface area contributed by atoms with Crippen LogP contribution in [0.5, 0.6) is 0 Å². The van der Waals surface area contributed by atoms with E-state index in [1.807, 2.05) is 30.3 Å². The van der Waals surface area contributed by atoms with Gasteiger partial charge in [-0.3, -0.25) is 14.4 Å². The van der Waals surface area contributed by atoms with Crippen LogP contribution in [0.15, 0.2) is 72.8 Å². The van der Waals surface area contributed by atoms with Gasteiger partial charge in [0.2, 0.25) is 11.7 Å². The summed E-state index contributed by atoms with van der Waals surface area (Å²) < 4.78 is 5.09. The Morgan fingerprint density at radius 1 is 0.971 bits per heavy atom. The highest BCUT2D eigenvalue weighted by Gasteiger charge is 2.39. The van der Waals surface area contributed by atoms with Crippen LogP contribution in [0, 0.1) is 0 Å². The maximum absolute atomic E-state index is 12.8. The first kappa shape index (κ1) is 24.6. The molecule has 1 heterocycles. The number of esters is 1. The van der Waals surface area contributed by atoms with Crippen molar-refractivity contribution in [1.82, 2.24) is 5.32 Å². The molecule has 7 nitrogen and oxygen atoms in total. The lowest BCUT2D eigenvalue weighted by Crippen LogP contribution is -2.38. The molecule has 1 fully saturated rings. The molecule has 0 radical (unpaired) electrons. The van der Waals surface area contributed by atoms with Gasteiger partial charge >= 0.3 is 5.97 Å². The zero-order valence-corrected chi connectivity index (χ0v) is 19.9. The quantitative estimate of drug-likeness (QED) is 0.273. The molecule has 35 heavy (non-hydrogen) atoms. The lowest BCUT2D eigenvalue weighted by Gasteiger charge is -2.16. The number of carbonyl (C=O) groups is 4. The summed E-state index contributed by atoms with van der Waals surface area (Å²) in [5.41, 5.74) is 1.72. The molecule has 1 aliphatic heterocycles. The van der Waals surface area contributed by atoms with E-state index in [4.69, 9.17) is 27.9 Å². The molecule has 0 saturated carbocycles. The van der Waals surface area contributed by atoms with E-state index < -0.39 is 24.4 Å². The highest BCUT2D eigenvalue weighted by molar-refractivity contribution is 6.36. The Kier molecular flexibility index (Phi) is 7.60. The molecule has 1 saturated heterocycles. The molecular formula is C26H20Cl2N2O5. The van der Waals surface area contributed by atoms with Gasteiger partial charge in [-0.25, -0.2) is 9.69 Å². The van der Waals surface area contributed by atoms with Crippen molar-refractivity contribution < 1.29 is 23.9 Å². The van der Waals surface area contributed by atoms with Crippen LogP contribution in [0.1, 0.15) is 32.7 Å². The number of rotatable bonds is 8. The number of benzene rings is 3. The summed E-state index contributed by atoms with van der Waals surface area (Å²) in [6.45, 7) is -0.0388. The fourth-order valence-corrected chi connectivity index (χ4v) is 4.17. The molecule has 4 rings (SSSR count). The average molecular weight is 511 g/mol. The zero-order chi connectivity index (χ0) is 24.9. The molecule has 1 unspecified atom stereocenters. The van der Waals surface area contributed by atoms with Gasteiger partial charge in [0, 0.05) is 17.1 Å². The fraction of sp³-hybridized carbons (Fsp3) is 0.154. The molecule has 2 amide bonds. The minimum Gasteiger partial charge on any atom is -0.454 e. The van der Waals surface area contributed by atoms with Crippen LogP contribution in [0.4, 0.5) is 5.69 Å². The van der Waals surface area contributed by atoms with E-state index in [1.54, 1.807) is 0 Å². The highest BCUT2D eigenvalue weighted by Crippen LogP contribution is 2.24. The van der Waals surface area contributed by atoms with Crippen molar-refractivity contribution >= 4 is 52.5 Å². The third kappa shape index (κ3) is 5.77. The topological polar surface area (TPSA) is 92.8 Å². The average Bonchev–Trinajstić information content (AvgIpc) is 3.14. The lowest BCUT2D eigenvalue weighted by atomic mass is 10.1. The summed E-state index contributed by atoms with van der Waals surface area (Å²) in [5.74, 6) is -1.89. The Balaban J connectivity index is 1.35. The number of anilines is 1. The highest BCUT2D eigenvalue weighted by atomic mass is 35.5. The molecule has 1 aliphatic rings. The first-order chi connectivity index (χ1) is 16.8. The van der Waals surface area contributed by atoms with Gasteiger partial charge in [0.1, 0.15) is 0 Å². The number of ether oxygens (including phenoxy) is 1. The summed E-state index contributed by atoms with van der Waals surface area (Å²) in [7, 11) is 0. The first-order valence-electron chi connectivity index (χ1n) is 10.7. The van der Waals surface area contributed by atoms with Crippen LogP contribution in [0.25, 0.3) is 0 Å². The van der Waals surface area contributed by atoms with Gasteiger partial charge < -0.3 is 10.1 Å². The Morgan fingerprint density at radius 2 is 1.69 bits per heavy atom. The number of hydrogen-bond acceptors (Lipinski definition) is 6. The molecule has 0 aromatic heterocycles. The van der Waals surface area contributed by atoms with E-state index in [9.17, 15) is 19.2 Å². The Hall–Kier alpha value is -3.52. The van der Waals surface area contributed by atoms with Crippen molar-refractivity contribution in [2.75, 3.05) is 11.5 Å². The molecular weight excluding hydrogens is 491 g/mol. The molecule has 0 bridgehead atoms. The monoisotopic (exact) mass is 510 g/mol. The number of amides is 2. The van der Waals surface area contributed by atoms with E-state index in [0.717, 1.165) is 10.5 Å². The van der Waals surface area contributed by atoms with E-state index >= 15 is 0 Å². The van der Waals surface area contributed by atoms with Gasteiger partial charge in [0.15, 0.2) is 6.61 Å². The van der Waals surface area contributed by atoms with Crippen LogP contribution in [0.3, 0.4) is 0 Å². The normalized spacial score (nSPS) is 15.4. The SMILES string of the molecule is O=C(OCC(=O)c1ccc(Cl)cc1Cl)c1ccc(N2C(=O)CC(NCc3ccccc3)C2=O)cc1. The van der Waals surface area contributed by atoms with Crippen LogP contribution in [-0.2, 0) is 20.9 Å². The minimum absolute atomic E-state index is 0.0465. The van der Waals surface area contributed by atoms with E-state index in [-0.39, 0.29) is 34.4 Å². The largest absolute Gasteiger partial charge is 0.454 e. The van der Waals surface area contributed by atoms with Gasteiger partial charge in [-0.05, 0) is 48.0 Å². The minimum atomic E-state index is -0.725. The number of hydrogen-bond donors (Lipinski definition) is 1. The molecule has 1 atom stereocenters. The number of halogens is 2. The van der Waals surface area contributed by atoms with Gasteiger partial charge in [0.25, 0.3) is 5.91 Å². The second kappa shape index (κ2) is 10.8. The predicted octanol–water partition coefficient (Wildman–Crippen LogP) is 4.45. The summed E-state index contributed by atoms with van der Waals surface area (Å²) in [5, 5.41) is 3.67. The van der Waals surface area contributed by atoms with Gasteiger partial charge in [-0.2, -0.15) is 0 Å². The summed E-state index contributed by atoms with van der Waals surface area (Å²) in [4.78, 5) is 51.1. The summed E-state index contributed by atoms with van der Waals surface area (Å²) >= 11 is 11.8. The van der Waals surface area contributed by atoms with Crippen molar-refractivity contribution in [2.24, 2.45) is 0 Å². The molecule has 1 N–H and O–H groups in total. The predicted molar refractivity (Wildman–Crippen MR) is 132 cm³/mol. The number of imide groups is 1. The number of Topliss-reactive ketones (excluding diaryl/α,β-unsaturated/α-hetero) is 1. The van der Waals surface area contributed by atoms with Crippen molar-refractivity contribution in [1.29, 1.82) is 0 Å². The standard InChI is InChI=1S/C26H20Cl2N2O5/c27-18-8-11-20(21(28)12-18)23(31)15-35-26(34)17-6-9-19(10-7-17)30-24(32)13-22(25(30)33)29-14-16-4-2-1-3-5-16/h1-12,22,29H,13-15H2. The van der Waals surface area contributed by atoms with E-state index in [0.29, 0.717) is 17.3 Å². The molecule has 0 aliphatic carbocycles. The molecule has 3 aromatic rings. The smallest absolute Gasteiger partial charge is 0.338 e. The number of nitrogens with zero attached hydrogens (tertiary/aromatic N) is 1. The second-order valence-corrected chi connectivity index (χ2v) is 8.70. The third-order valence-corrected chi connectivity index (χ3v) is 6.02. The van der Waals surface area contributed by atoms with Crippen molar-refractivity contribution in [3.05, 3.63) is 99.5 Å². The Morgan fingerprint density at radius 3 is 2.37 bits per heavy atom. The molecule has 178 valence electrons. The zero-order valence-electron chi connectivity index (χ0n) is 18.4. The van der Waals surface area contributed by atoms with Gasteiger partial charge in [0.05, 0.1) is 28.7 Å². The second-order valence-electron chi connectivity index (χ2n) is 7.86. The van der Waals surface area contributed by atoms with Gasteiger partial charge in [-0.15, -0.1) is 0 Å². The van der Waals surface area contributed by atoms with Crippen LogP contribution >= 0.6 is 23.2 Å². The number of carbonyl (C=O) groups excluding carboxylic acids is 4. The number of ketones is 1. The Bertz CT molecular complexity index is 1280. The van der Waals surface area contributed by atoms with Gasteiger partial charge in [-0.1, -0.05) is 53.5 Å². The Labute approximate surface area is 211 Å². The van der Waals surface area contributed by atoms with Crippen molar-refractivity contribution in [3.8, 4) is 0 Å². The molecule has 0 spiro atoms. The first-order valence-corrected chi connectivity index (χ1v) is 11.5. The maximum atomic E-state index is 12.8. The van der Waals surface area contributed by atoms with E-state index in [2.05, 4.69) is 5.32 Å². The lowest BCUT2D eigenvalue weighted by molar-refractivity contribution is -0.121. The van der Waals surface area contributed by atoms with Crippen LogP contribution < -0.4 is 10.2 Å². The number of nitrogens with one attached hydrogen (secondary N) is 1.